The Hall–Kier alpha value is -3.34. The van der Waals surface area contributed by atoms with Gasteiger partial charge in [0.2, 0.25) is 0 Å². The van der Waals surface area contributed by atoms with E-state index in [0.717, 1.165) is 49.1 Å². The van der Waals surface area contributed by atoms with Gasteiger partial charge in [0.15, 0.2) is 5.65 Å². The first kappa shape index (κ1) is 20.6. The molecule has 4 aromatic rings. The maximum absolute atomic E-state index is 12.5. The molecule has 0 amide bonds. The summed E-state index contributed by atoms with van der Waals surface area (Å²) < 4.78 is 2.53. The van der Waals surface area contributed by atoms with E-state index in [-0.39, 0.29) is 0 Å². The van der Waals surface area contributed by atoms with Crippen LogP contribution in [0.3, 0.4) is 0 Å². The molecule has 0 saturated carbocycles. The summed E-state index contributed by atoms with van der Waals surface area (Å²) in [4.78, 5) is 27.6. The van der Waals surface area contributed by atoms with Crippen LogP contribution in [0.15, 0.2) is 48.6 Å². The number of hydrogen-bond acceptors (Lipinski definition) is 7. The van der Waals surface area contributed by atoms with E-state index in [0.29, 0.717) is 18.0 Å². The predicted octanol–water partition coefficient (Wildman–Crippen LogP) is 3.83. The minimum absolute atomic E-state index is 0.393. The Labute approximate surface area is 198 Å². The number of rotatable bonds is 4. The van der Waals surface area contributed by atoms with Crippen LogP contribution in [0.2, 0.25) is 0 Å². The summed E-state index contributed by atoms with van der Waals surface area (Å²) in [5.41, 5.74) is 12.4. The van der Waals surface area contributed by atoms with Crippen LogP contribution in [-0.4, -0.2) is 31.0 Å². The highest BCUT2D eigenvalue weighted by Gasteiger charge is 2.33. The van der Waals surface area contributed by atoms with Crippen LogP contribution in [0.4, 0.5) is 11.5 Å². The molecule has 8 nitrogen and oxygen atoms in total. The van der Waals surface area contributed by atoms with Crippen molar-refractivity contribution >= 4 is 57.5 Å². The van der Waals surface area contributed by atoms with Crippen molar-refractivity contribution in [3.05, 3.63) is 74.6 Å². The highest BCUT2D eigenvalue weighted by molar-refractivity contribution is 14.1. The number of aldehydes is 1. The van der Waals surface area contributed by atoms with Crippen LogP contribution < -0.4 is 10.6 Å². The SMILES string of the molecule is Cc1ccccc1N1C(Cn2nc(I)c3c(N)ncnc32)=Cc2nccc(C)c2C1C=O. The quantitative estimate of drug-likeness (QED) is 0.312. The zero-order chi connectivity index (χ0) is 22.4. The second-order valence-electron chi connectivity index (χ2n) is 7.71. The Morgan fingerprint density at radius 1 is 1.12 bits per heavy atom. The smallest absolute Gasteiger partial charge is 0.164 e. The second-order valence-corrected chi connectivity index (χ2v) is 8.73. The molecule has 0 spiro atoms. The summed E-state index contributed by atoms with van der Waals surface area (Å²) in [6, 6.07) is 9.48. The number of aromatic nitrogens is 5. The molecule has 0 bridgehead atoms. The first-order valence-corrected chi connectivity index (χ1v) is 11.2. The number of aryl methyl sites for hydroxylation is 2. The molecule has 9 heteroatoms. The lowest BCUT2D eigenvalue weighted by Crippen LogP contribution is -2.35. The number of hydrogen-bond donors (Lipinski definition) is 1. The van der Waals surface area contributed by atoms with Gasteiger partial charge in [0.25, 0.3) is 0 Å². The van der Waals surface area contributed by atoms with E-state index in [1.165, 1.54) is 6.33 Å². The van der Waals surface area contributed by atoms with Crippen molar-refractivity contribution in [2.45, 2.75) is 26.4 Å². The fourth-order valence-electron chi connectivity index (χ4n) is 4.26. The zero-order valence-electron chi connectivity index (χ0n) is 17.5. The molecule has 160 valence electrons. The van der Waals surface area contributed by atoms with E-state index >= 15 is 0 Å². The van der Waals surface area contributed by atoms with Gasteiger partial charge in [-0.25, -0.2) is 14.6 Å². The molecule has 4 heterocycles. The van der Waals surface area contributed by atoms with Gasteiger partial charge >= 0.3 is 0 Å². The number of nitrogen functional groups attached to an aromatic ring is 1. The molecule has 1 atom stereocenters. The van der Waals surface area contributed by atoms with Gasteiger partial charge in [0, 0.05) is 23.1 Å². The van der Waals surface area contributed by atoms with Crippen LogP contribution >= 0.6 is 22.6 Å². The van der Waals surface area contributed by atoms with Gasteiger partial charge in [-0.05, 0) is 65.8 Å². The number of allylic oxidation sites excluding steroid dienone is 1. The van der Waals surface area contributed by atoms with Gasteiger partial charge in [-0.3, -0.25) is 4.98 Å². The monoisotopic (exact) mass is 537 g/mol. The van der Waals surface area contributed by atoms with Gasteiger partial charge in [0.05, 0.1) is 17.6 Å². The molecular weight excluding hydrogens is 517 g/mol. The molecule has 2 N–H and O–H groups in total. The number of carbonyl (C=O) groups is 1. The average Bonchev–Trinajstić information content (AvgIpc) is 3.10. The first-order chi connectivity index (χ1) is 15.5. The van der Waals surface area contributed by atoms with Gasteiger partial charge in [-0.1, -0.05) is 18.2 Å². The zero-order valence-corrected chi connectivity index (χ0v) is 19.7. The van der Waals surface area contributed by atoms with Gasteiger partial charge in [0.1, 0.15) is 28.2 Å². The number of fused-ring (bicyclic) bond motifs is 2. The molecular formula is C23H20IN7O. The number of nitrogens with two attached hydrogens (primary N) is 1. The topological polar surface area (TPSA) is 103 Å². The van der Waals surface area contributed by atoms with Crippen LogP contribution in [0, 0.1) is 17.5 Å². The van der Waals surface area contributed by atoms with Crippen molar-refractivity contribution in [2.24, 2.45) is 0 Å². The molecule has 0 radical (unpaired) electrons. The molecule has 1 unspecified atom stereocenters. The van der Waals surface area contributed by atoms with Crippen LogP contribution in [0.25, 0.3) is 17.1 Å². The van der Waals surface area contributed by atoms with Gasteiger partial charge in [-0.2, -0.15) is 5.10 Å². The Morgan fingerprint density at radius 2 is 1.94 bits per heavy atom. The molecule has 0 fully saturated rings. The summed E-state index contributed by atoms with van der Waals surface area (Å²) in [6.45, 7) is 4.44. The molecule has 32 heavy (non-hydrogen) atoms. The Bertz CT molecular complexity index is 1390. The number of benzene rings is 1. The molecule has 1 aliphatic heterocycles. The third kappa shape index (κ3) is 3.24. The third-order valence-corrected chi connectivity index (χ3v) is 6.51. The lowest BCUT2D eigenvalue weighted by molar-refractivity contribution is -0.109. The van der Waals surface area contributed by atoms with E-state index in [2.05, 4.69) is 47.5 Å². The number of anilines is 2. The molecule has 0 aliphatic carbocycles. The molecule has 1 aromatic carbocycles. The average molecular weight is 537 g/mol. The second kappa shape index (κ2) is 7.97. The lowest BCUT2D eigenvalue weighted by Gasteiger charge is -2.38. The number of nitrogens with zero attached hydrogens (tertiary/aromatic N) is 6. The summed E-state index contributed by atoms with van der Waals surface area (Å²) in [6.07, 6.45) is 6.22. The van der Waals surface area contributed by atoms with E-state index in [4.69, 9.17) is 5.73 Å². The van der Waals surface area contributed by atoms with Crippen molar-refractivity contribution in [2.75, 3.05) is 10.6 Å². The van der Waals surface area contributed by atoms with Crippen molar-refractivity contribution in [3.8, 4) is 0 Å². The summed E-state index contributed by atoms with van der Waals surface area (Å²) in [5.74, 6) is 0.396. The van der Waals surface area contributed by atoms with Crippen LogP contribution in [0.1, 0.15) is 28.4 Å². The number of halogens is 1. The van der Waals surface area contributed by atoms with Crippen molar-refractivity contribution in [1.82, 2.24) is 24.7 Å². The minimum atomic E-state index is -0.500. The summed E-state index contributed by atoms with van der Waals surface area (Å²) in [7, 11) is 0. The molecule has 5 rings (SSSR count). The molecule has 1 aliphatic rings. The highest BCUT2D eigenvalue weighted by atomic mass is 127. The minimum Gasteiger partial charge on any atom is -0.383 e. The molecule has 0 saturated heterocycles. The Balaban J connectivity index is 1.72. The maximum Gasteiger partial charge on any atom is 0.164 e. The van der Waals surface area contributed by atoms with E-state index in [1.807, 2.05) is 50.3 Å². The number of pyridine rings is 1. The standard InChI is InChI=1S/C23H20IN7O/c1-13-5-3-4-6-17(13)31-15(9-16-19(18(31)11-32)14(2)7-8-26-16)10-30-23-20(21(24)29-30)22(25)27-12-28-23/h3-9,11-12,18H,10H2,1-2H3,(H2,25,27,28). The lowest BCUT2D eigenvalue weighted by atomic mass is 9.93. The normalized spacial score (nSPS) is 15.5. The Kier molecular flexibility index (Phi) is 5.12. The van der Waals surface area contributed by atoms with Crippen molar-refractivity contribution in [1.29, 1.82) is 0 Å². The third-order valence-electron chi connectivity index (χ3n) is 5.76. The predicted molar refractivity (Wildman–Crippen MR) is 132 cm³/mol. The number of carbonyl (C=O) groups excluding carboxylic acids is 1. The van der Waals surface area contributed by atoms with Gasteiger partial charge in [-0.15, -0.1) is 0 Å². The fourth-order valence-corrected chi connectivity index (χ4v) is 5.04. The van der Waals surface area contributed by atoms with Crippen molar-refractivity contribution in [3.63, 3.8) is 0 Å². The Morgan fingerprint density at radius 3 is 2.72 bits per heavy atom. The van der Waals surface area contributed by atoms with Gasteiger partial charge < -0.3 is 15.4 Å². The largest absolute Gasteiger partial charge is 0.383 e. The highest BCUT2D eigenvalue weighted by Crippen LogP contribution is 2.40. The number of para-hydroxylation sites is 1. The first-order valence-electron chi connectivity index (χ1n) is 10.1. The fraction of sp³-hybridized carbons (Fsp3) is 0.174. The maximum atomic E-state index is 12.5. The van der Waals surface area contributed by atoms with Crippen LogP contribution in [0.5, 0.6) is 0 Å². The van der Waals surface area contributed by atoms with E-state index in [1.54, 1.807) is 10.9 Å². The van der Waals surface area contributed by atoms with Crippen LogP contribution in [-0.2, 0) is 11.3 Å². The molecule has 3 aromatic heterocycles. The van der Waals surface area contributed by atoms with E-state index in [9.17, 15) is 4.79 Å². The summed E-state index contributed by atoms with van der Waals surface area (Å²) in [5, 5.41) is 5.39. The summed E-state index contributed by atoms with van der Waals surface area (Å²) >= 11 is 2.14. The van der Waals surface area contributed by atoms with Crippen molar-refractivity contribution < 1.29 is 4.79 Å². The van der Waals surface area contributed by atoms with E-state index < -0.39 is 6.04 Å².